The minimum Gasteiger partial charge on any atom is -0.395 e. The molecule has 0 aliphatic carbocycles. The first kappa shape index (κ1) is 23.3. The number of nitrogens with zero attached hydrogens (tertiary/aromatic N) is 3. The third-order valence-corrected chi connectivity index (χ3v) is 7.54. The van der Waals surface area contributed by atoms with Crippen molar-refractivity contribution in [2.75, 3.05) is 26.2 Å². The van der Waals surface area contributed by atoms with Gasteiger partial charge in [0.15, 0.2) is 0 Å². The molecule has 3 aromatic carbocycles. The van der Waals surface area contributed by atoms with Crippen LogP contribution in [0.5, 0.6) is 0 Å². The third-order valence-electron chi connectivity index (χ3n) is 7.54. The summed E-state index contributed by atoms with van der Waals surface area (Å²) in [6.45, 7) is 2.57. The first-order chi connectivity index (χ1) is 17.2. The number of carbonyl (C=O) groups is 1. The molecule has 0 bridgehead atoms. The van der Waals surface area contributed by atoms with Crippen LogP contribution in [0.25, 0.3) is 11.1 Å². The molecule has 5 rings (SSSR count). The minimum absolute atomic E-state index is 0.0805. The highest BCUT2D eigenvalue weighted by molar-refractivity contribution is 5.79. The number of aliphatic hydroxyl groups excluding tert-OH is 1. The fourth-order valence-electron chi connectivity index (χ4n) is 5.72. The molecule has 5 heteroatoms. The lowest BCUT2D eigenvalue weighted by Gasteiger charge is -2.57. The van der Waals surface area contributed by atoms with Crippen LogP contribution in [0.4, 0.5) is 0 Å². The minimum atomic E-state index is 0.0805. The highest BCUT2D eigenvalue weighted by Gasteiger charge is 2.49. The number of fused-ring (bicyclic) bond motifs is 1. The van der Waals surface area contributed by atoms with Gasteiger partial charge in [-0.3, -0.25) is 9.69 Å². The van der Waals surface area contributed by atoms with Crippen molar-refractivity contribution in [1.29, 1.82) is 5.26 Å². The zero-order chi connectivity index (χ0) is 24.2. The molecule has 0 unspecified atom stereocenters. The van der Waals surface area contributed by atoms with E-state index in [1.807, 2.05) is 59.5 Å². The number of hydrogen-bond donors (Lipinski definition) is 1. The Hall–Kier alpha value is -3.46. The maximum Gasteiger partial charge on any atom is 0.227 e. The monoisotopic (exact) mass is 465 g/mol. The second-order valence-corrected chi connectivity index (χ2v) is 9.60. The van der Waals surface area contributed by atoms with Crippen molar-refractivity contribution in [3.05, 3.63) is 95.6 Å². The van der Waals surface area contributed by atoms with Gasteiger partial charge in [0.2, 0.25) is 5.91 Å². The van der Waals surface area contributed by atoms with Crippen LogP contribution in [0.1, 0.15) is 35.4 Å². The molecule has 2 heterocycles. The molecular formula is C30H31N3O2. The Kier molecular flexibility index (Phi) is 6.94. The van der Waals surface area contributed by atoms with Crippen molar-refractivity contribution < 1.29 is 9.90 Å². The van der Waals surface area contributed by atoms with Crippen molar-refractivity contribution in [3.8, 4) is 17.2 Å². The fraction of sp³-hybridized carbons (Fsp3) is 0.333. The number of carbonyl (C=O) groups excluding carboxylic acids is 1. The summed E-state index contributed by atoms with van der Waals surface area (Å²) in [5.41, 5.74) is 4.98. The van der Waals surface area contributed by atoms with Gasteiger partial charge in [0.25, 0.3) is 0 Å². The predicted octanol–water partition coefficient (Wildman–Crippen LogP) is 4.22. The molecule has 0 radical (unpaired) electrons. The number of amides is 1. The summed E-state index contributed by atoms with van der Waals surface area (Å²) in [7, 11) is 0. The summed E-state index contributed by atoms with van der Waals surface area (Å²) in [6, 6.07) is 28.6. The average Bonchev–Trinajstić information content (AvgIpc) is 2.88. The predicted molar refractivity (Wildman–Crippen MR) is 137 cm³/mol. The first-order valence-electron chi connectivity index (χ1n) is 12.5. The lowest BCUT2D eigenvalue weighted by molar-refractivity contribution is -0.135. The van der Waals surface area contributed by atoms with Gasteiger partial charge in [0, 0.05) is 31.1 Å². The fourth-order valence-corrected chi connectivity index (χ4v) is 5.72. The second kappa shape index (κ2) is 10.4. The Morgan fingerprint density at radius 1 is 0.943 bits per heavy atom. The molecule has 2 aliphatic heterocycles. The second-order valence-electron chi connectivity index (χ2n) is 9.60. The van der Waals surface area contributed by atoms with Crippen LogP contribution in [-0.2, 0) is 11.2 Å². The largest absolute Gasteiger partial charge is 0.395 e. The molecule has 2 aliphatic rings. The van der Waals surface area contributed by atoms with Crippen LogP contribution in [-0.4, -0.2) is 59.1 Å². The molecule has 2 saturated heterocycles. The molecule has 0 saturated carbocycles. The lowest BCUT2D eigenvalue weighted by atomic mass is 9.74. The summed E-state index contributed by atoms with van der Waals surface area (Å²) in [5.74, 6) is 0.363. The number of benzene rings is 3. The molecule has 3 atom stereocenters. The van der Waals surface area contributed by atoms with Crippen molar-refractivity contribution in [2.24, 2.45) is 0 Å². The first-order valence-corrected chi connectivity index (χ1v) is 12.5. The van der Waals surface area contributed by atoms with E-state index in [9.17, 15) is 15.2 Å². The van der Waals surface area contributed by atoms with Crippen molar-refractivity contribution in [3.63, 3.8) is 0 Å². The van der Waals surface area contributed by atoms with Gasteiger partial charge in [-0.05, 0) is 53.8 Å². The van der Waals surface area contributed by atoms with Gasteiger partial charge < -0.3 is 10.0 Å². The molecule has 1 N–H and O–H groups in total. The topological polar surface area (TPSA) is 67.6 Å². The van der Waals surface area contributed by atoms with Gasteiger partial charge in [-0.25, -0.2) is 0 Å². The van der Waals surface area contributed by atoms with Crippen LogP contribution in [0.3, 0.4) is 0 Å². The van der Waals surface area contributed by atoms with Gasteiger partial charge in [0.1, 0.15) is 0 Å². The van der Waals surface area contributed by atoms with E-state index in [4.69, 9.17) is 0 Å². The molecule has 178 valence electrons. The summed E-state index contributed by atoms with van der Waals surface area (Å²) in [5, 5.41) is 19.4. The SMILES string of the molecule is N#Cc1cccc(-c2ccc([C@H]3[C@@H](CO)N4CCCCN(C(=O)Cc5ccccc5)C[C@@H]34)cc2)c1. The van der Waals surface area contributed by atoms with Crippen LogP contribution >= 0.6 is 0 Å². The van der Waals surface area contributed by atoms with E-state index in [-0.39, 0.29) is 30.5 Å². The van der Waals surface area contributed by atoms with Crippen LogP contribution in [0.2, 0.25) is 0 Å². The Morgan fingerprint density at radius 3 is 2.46 bits per heavy atom. The van der Waals surface area contributed by atoms with E-state index >= 15 is 0 Å². The van der Waals surface area contributed by atoms with Crippen LogP contribution < -0.4 is 0 Å². The lowest BCUT2D eigenvalue weighted by Crippen LogP contribution is -2.68. The van der Waals surface area contributed by atoms with E-state index < -0.39 is 0 Å². The van der Waals surface area contributed by atoms with E-state index in [0.29, 0.717) is 18.5 Å². The molecule has 0 aromatic heterocycles. The van der Waals surface area contributed by atoms with Crippen molar-refractivity contribution in [2.45, 2.75) is 37.3 Å². The smallest absolute Gasteiger partial charge is 0.227 e. The van der Waals surface area contributed by atoms with Gasteiger partial charge in [-0.1, -0.05) is 66.7 Å². The van der Waals surface area contributed by atoms with Gasteiger partial charge in [-0.15, -0.1) is 0 Å². The quantitative estimate of drug-likeness (QED) is 0.613. The molecule has 35 heavy (non-hydrogen) atoms. The van der Waals surface area contributed by atoms with E-state index in [1.165, 1.54) is 5.56 Å². The number of hydrogen-bond acceptors (Lipinski definition) is 4. The van der Waals surface area contributed by atoms with E-state index in [1.54, 1.807) is 0 Å². The number of rotatable bonds is 5. The highest BCUT2D eigenvalue weighted by Crippen LogP contribution is 2.42. The summed E-state index contributed by atoms with van der Waals surface area (Å²) < 4.78 is 0. The normalized spacial score (nSPS) is 22.3. The highest BCUT2D eigenvalue weighted by atomic mass is 16.3. The van der Waals surface area contributed by atoms with Crippen LogP contribution in [0, 0.1) is 11.3 Å². The van der Waals surface area contributed by atoms with Gasteiger partial charge in [-0.2, -0.15) is 5.26 Å². The van der Waals surface area contributed by atoms with Gasteiger partial charge in [0.05, 0.1) is 24.7 Å². The molecule has 1 amide bonds. The molecule has 3 aromatic rings. The Morgan fingerprint density at radius 2 is 1.71 bits per heavy atom. The Balaban J connectivity index is 1.35. The molecular weight excluding hydrogens is 434 g/mol. The van der Waals surface area contributed by atoms with Crippen molar-refractivity contribution >= 4 is 5.91 Å². The third kappa shape index (κ3) is 4.86. The Labute approximate surface area is 207 Å². The zero-order valence-electron chi connectivity index (χ0n) is 19.9. The molecule has 2 fully saturated rings. The maximum absolute atomic E-state index is 13.2. The molecule has 0 spiro atoms. The van der Waals surface area contributed by atoms with Crippen LogP contribution in [0.15, 0.2) is 78.9 Å². The summed E-state index contributed by atoms with van der Waals surface area (Å²) in [6.07, 6.45) is 2.45. The van der Waals surface area contributed by atoms with E-state index in [0.717, 1.165) is 42.6 Å². The maximum atomic E-state index is 13.2. The standard InChI is InChI=1S/C30H31N3O2/c31-19-23-9-6-10-26(17-23)24-11-13-25(14-12-24)30-27-20-32(15-4-5-16-33(27)28(30)21-34)29(35)18-22-7-2-1-3-8-22/h1-3,6-14,17,27-28,30,34H,4-5,15-16,18,20-21H2/t27-,28+,30+/m0/s1. The Bertz CT molecular complexity index is 1200. The molecule has 5 nitrogen and oxygen atoms in total. The number of nitriles is 1. The summed E-state index contributed by atoms with van der Waals surface area (Å²) >= 11 is 0. The number of aliphatic hydroxyl groups is 1. The van der Waals surface area contributed by atoms with E-state index in [2.05, 4.69) is 35.2 Å². The van der Waals surface area contributed by atoms with Gasteiger partial charge >= 0.3 is 0 Å². The summed E-state index contributed by atoms with van der Waals surface area (Å²) in [4.78, 5) is 17.6. The zero-order valence-corrected chi connectivity index (χ0v) is 19.9. The van der Waals surface area contributed by atoms with Crippen molar-refractivity contribution in [1.82, 2.24) is 9.80 Å². The average molecular weight is 466 g/mol.